The van der Waals surface area contributed by atoms with Crippen molar-refractivity contribution in [2.24, 2.45) is 5.10 Å². The quantitative estimate of drug-likeness (QED) is 0.241. The smallest absolute Gasteiger partial charge is 0.260 e. The van der Waals surface area contributed by atoms with E-state index >= 15 is 0 Å². The summed E-state index contributed by atoms with van der Waals surface area (Å²) >= 11 is 1.25. The summed E-state index contributed by atoms with van der Waals surface area (Å²) in [7, 11) is 1.52. The molecular weight excluding hydrogens is 470 g/mol. The molecule has 3 rings (SSSR count). The average molecular weight is 502 g/mol. The Hall–Kier alpha value is -3.18. The number of nitrogens with zero attached hydrogens (tertiary/aromatic N) is 4. The first-order chi connectivity index (χ1) is 16.7. The number of morpholine rings is 1. The predicted molar refractivity (Wildman–Crippen MR) is 133 cm³/mol. The molecule has 1 aromatic heterocycles. The number of hydrogen-bond acceptors (Lipinski definition) is 9. The van der Waals surface area contributed by atoms with Crippen molar-refractivity contribution in [3.63, 3.8) is 0 Å². The maximum absolute atomic E-state index is 12.5. The Kier molecular flexibility index (Phi) is 9.44. The van der Waals surface area contributed by atoms with Crippen LogP contribution in [0.3, 0.4) is 0 Å². The van der Waals surface area contributed by atoms with Gasteiger partial charge in [0.1, 0.15) is 0 Å². The van der Waals surface area contributed by atoms with Crippen LogP contribution >= 0.6 is 11.8 Å². The third-order valence-electron chi connectivity index (χ3n) is 5.01. The van der Waals surface area contributed by atoms with Gasteiger partial charge in [0.25, 0.3) is 11.8 Å². The second-order valence-electron chi connectivity index (χ2n) is 8.27. The molecule has 1 aliphatic heterocycles. The highest BCUT2D eigenvalue weighted by Gasteiger charge is 2.26. The SMILES string of the molecule is COc1cc(/C=N/NC(=O)CSc2nc(C)cc(C)n2)ccc1OCC(=O)N1CC(C)OC(C)C1. The molecule has 35 heavy (non-hydrogen) atoms. The number of nitrogens with one attached hydrogen (secondary N) is 1. The van der Waals surface area contributed by atoms with E-state index in [4.69, 9.17) is 14.2 Å². The van der Waals surface area contributed by atoms with Crippen LogP contribution in [-0.4, -0.2) is 77.7 Å². The number of benzene rings is 1. The van der Waals surface area contributed by atoms with E-state index in [1.165, 1.54) is 25.1 Å². The fourth-order valence-electron chi connectivity index (χ4n) is 3.60. The first kappa shape index (κ1) is 26.4. The van der Waals surface area contributed by atoms with E-state index in [9.17, 15) is 9.59 Å². The molecule has 2 aromatic rings. The molecule has 10 nitrogen and oxygen atoms in total. The van der Waals surface area contributed by atoms with E-state index in [2.05, 4.69) is 20.5 Å². The van der Waals surface area contributed by atoms with Crippen LogP contribution in [0.1, 0.15) is 30.8 Å². The lowest BCUT2D eigenvalue weighted by Crippen LogP contribution is -2.49. The maximum atomic E-state index is 12.5. The van der Waals surface area contributed by atoms with Gasteiger partial charge in [-0.2, -0.15) is 5.10 Å². The van der Waals surface area contributed by atoms with Crippen LogP contribution in [-0.2, 0) is 14.3 Å². The number of methoxy groups -OCH3 is 1. The number of carbonyl (C=O) groups is 2. The molecule has 0 spiro atoms. The van der Waals surface area contributed by atoms with E-state index in [0.717, 1.165) is 11.4 Å². The van der Waals surface area contributed by atoms with Gasteiger partial charge in [0, 0.05) is 24.5 Å². The lowest BCUT2D eigenvalue weighted by molar-refractivity contribution is -0.145. The molecule has 0 aliphatic carbocycles. The maximum Gasteiger partial charge on any atom is 0.260 e. The van der Waals surface area contributed by atoms with Crippen LogP contribution in [0, 0.1) is 13.8 Å². The summed E-state index contributed by atoms with van der Waals surface area (Å²) in [6.45, 7) is 8.65. The van der Waals surface area contributed by atoms with E-state index in [-0.39, 0.29) is 36.4 Å². The highest BCUT2D eigenvalue weighted by Crippen LogP contribution is 2.27. The zero-order valence-electron chi connectivity index (χ0n) is 20.6. The van der Waals surface area contributed by atoms with Crippen LogP contribution in [0.4, 0.5) is 0 Å². The van der Waals surface area contributed by atoms with Gasteiger partial charge in [0.2, 0.25) is 0 Å². The molecule has 1 N–H and O–H groups in total. The Morgan fingerprint density at radius 3 is 2.51 bits per heavy atom. The molecule has 1 aliphatic rings. The van der Waals surface area contributed by atoms with Crippen LogP contribution in [0.15, 0.2) is 34.5 Å². The van der Waals surface area contributed by atoms with E-state index in [1.54, 1.807) is 23.1 Å². The van der Waals surface area contributed by atoms with Crippen molar-refractivity contribution in [2.45, 2.75) is 45.1 Å². The molecule has 2 atom stereocenters. The van der Waals surface area contributed by atoms with Gasteiger partial charge in [-0.3, -0.25) is 9.59 Å². The summed E-state index contributed by atoms with van der Waals surface area (Å²) < 4.78 is 16.8. The summed E-state index contributed by atoms with van der Waals surface area (Å²) in [5.74, 6) is 0.670. The van der Waals surface area contributed by atoms with Crippen molar-refractivity contribution in [1.82, 2.24) is 20.3 Å². The summed E-state index contributed by atoms with van der Waals surface area (Å²) in [4.78, 5) is 35.0. The normalized spacial score (nSPS) is 17.9. The predicted octanol–water partition coefficient (Wildman–Crippen LogP) is 2.36. The van der Waals surface area contributed by atoms with Crippen molar-refractivity contribution in [1.29, 1.82) is 0 Å². The first-order valence-corrected chi connectivity index (χ1v) is 12.2. The monoisotopic (exact) mass is 501 g/mol. The molecule has 1 aromatic carbocycles. The van der Waals surface area contributed by atoms with Crippen molar-refractivity contribution >= 4 is 29.8 Å². The second kappa shape index (κ2) is 12.5. The summed E-state index contributed by atoms with van der Waals surface area (Å²) in [6.07, 6.45) is 1.49. The van der Waals surface area contributed by atoms with Gasteiger partial charge in [-0.25, -0.2) is 15.4 Å². The third-order valence-corrected chi connectivity index (χ3v) is 5.86. The molecule has 2 heterocycles. The van der Waals surface area contributed by atoms with E-state index < -0.39 is 0 Å². The molecule has 0 bridgehead atoms. The molecule has 1 fully saturated rings. The molecule has 188 valence electrons. The Balaban J connectivity index is 1.50. The first-order valence-electron chi connectivity index (χ1n) is 11.2. The van der Waals surface area contributed by atoms with Gasteiger partial charge in [-0.1, -0.05) is 11.8 Å². The van der Waals surface area contributed by atoms with Gasteiger partial charge in [-0.15, -0.1) is 0 Å². The standard InChI is InChI=1S/C24H31N5O5S/c1-15-8-16(2)27-24(26-15)35-14-22(30)28-25-10-19-6-7-20(21(9-19)32-5)33-13-23(31)29-11-17(3)34-18(4)12-29/h6-10,17-18H,11-14H2,1-5H3,(H,28,30)/b25-10+. The number of aromatic nitrogens is 2. The van der Waals surface area contributed by atoms with E-state index in [0.29, 0.717) is 35.3 Å². The number of ether oxygens (including phenoxy) is 3. The van der Waals surface area contributed by atoms with Gasteiger partial charge in [0.15, 0.2) is 23.3 Å². The van der Waals surface area contributed by atoms with Gasteiger partial charge >= 0.3 is 0 Å². The molecule has 2 unspecified atom stereocenters. The lowest BCUT2D eigenvalue weighted by atomic mass is 10.2. The Morgan fingerprint density at radius 2 is 1.86 bits per heavy atom. The number of carbonyl (C=O) groups excluding carboxylic acids is 2. The Morgan fingerprint density at radius 1 is 1.17 bits per heavy atom. The molecule has 1 saturated heterocycles. The molecule has 2 amide bonds. The minimum absolute atomic E-state index is 0.00467. The van der Waals surface area contributed by atoms with Crippen LogP contribution in [0.5, 0.6) is 11.5 Å². The lowest BCUT2D eigenvalue weighted by Gasteiger charge is -2.35. The molecule has 11 heteroatoms. The Labute approximate surface area is 209 Å². The highest BCUT2D eigenvalue weighted by molar-refractivity contribution is 7.99. The number of rotatable bonds is 9. The van der Waals surface area contributed by atoms with Gasteiger partial charge in [0.05, 0.1) is 31.3 Å². The summed E-state index contributed by atoms with van der Waals surface area (Å²) in [6, 6.07) is 7.05. The Bertz CT molecular complexity index is 1050. The number of hydrogen-bond donors (Lipinski definition) is 1. The van der Waals surface area contributed by atoms with Crippen molar-refractivity contribution < 1.29 is 23.8 Å². The second-order valence-corrected chi connectivity index (χ2v) is 9.21. The fourth-order valence-corrected chi connectivity index (χ4v) is 4.34. The minimum atomic E-state index is -0.272. The van der Waals surface area contributed by atoms with Crippen molar-refractivity contribution in [2.75, 3.05) is 32.6 Å². The number of hydrazone groups is 1. The number of thioether (sulfide) groups is 1. The van der Waals surface area contributed by atoms with E-state index in [1.807, 2.05) is 33.8 Å². The highest BCUT2D eigenvalue weighted by atomic mass is 32.2. The zero-order valence-corrected chi connectivity index (χ0v) is 21.4. The van der Waals surface area contributed by atoms with Crippen LogP contribution in [0.2, 0.25) is 0 Å². The van der Waals surface area contributed by atoms with Crippen LogP contribution < -0.4 is 14.9 Å². The molecule has 0 radical (unpaired) electrons. The van der Waals surface area contributed by atoms with Crippen molar-refractivity contribution in [3.05, 3.63) is 41.2 Å². The molecule has 0 saturated carbocycles. The van der Waals surface area contributed by atoms with Gasteiger partial charge < -0.3 is 19.1 Å². The average Bonchev–Trinajstić information content (AvgIpc) is 2.80. The third kappa shape index (κ3) is 8.22. The summed E-state index contributed by atoms with van der Waals surface area (Å²) in [5, 5.41) is 4.55. The summed E-state index contributed by atoms with van der Waals surface area (Å²) in [5.41, 5.74) is 4.90. The van der Waals surface area contributed by atoms with Crippen LogP contribution in [0.25, 0.3) is 0 Å². The zero-order chi connectivity index (χ0) is 25.4. The largest absolute Gasteiger partial charge is 0.493 e. The van der Waals surface area contributed by atoms with Crippen molar-refractivity contribution in [3.8, 4) is 11.5 Å². The fraction of sp³-hybridized carbons (Fsp3) is 0.458. The minimum Gasteiger partial charge on any atom is -0.493 e. The van der Waals surface area contributed by atoms with Gasteiger partial charge in [-0.05, 0) is 57.5 Å². The molecular formula is C24H31N5O5S. The number of amides is 2. The topological polar surface area (TPSA) is 115 Å². The number of aryl methyl sites for hydroxylation is 2.